The average molecular weight is 251 g/mol. The predicted octanol–water partition coefficient (Wildman–Crippen LogP) is 0.571. The van der Waals surface area contributed by atoms with Gasteiger partial charge < -0.3 is 4.74 Å². The molecule has 0 amide bonds. The molecule has 2 rings (SSSR count). The summed E-state index contributed by atoms with van der Waals surface area (Å²) in [6, 6.07) is 1.73. The van der Waals surface area contributed by atoms with Crippen LogP contribution in [0.4, 0.5) is 0 Å². The normalized spacial score (nSPS) is 10.2. The first-order chi connectivity index (χ1) is 8.22. The predicted molar refractivity (Wildman–Crippen MR) is 60.5 cm³/mol. The highest BCUT2D eigenvalue weighted by Gasteiger charge is 2.12. The topological polar surface area (TPSA) is 85.7 Å². The Morgan fingerprint density at radius 3 is 3.06 bits per heavy atom. The fourth-order valence-corrected chi connectivity index (χ4v) is 1.50. The number of ether oxygens (including phenoxy) is 1. The van der Waals surface area contributed by atoms with Gasteiger partial charge in [-0.3, -0.25) is 14.5 Å². The van der Waals surface area contributed by atoms with Gasteiger partial charge in [-0.25, -0.2) is 0 Å². The van der Waals surface area contributed by atoms with Crippen molar-refractivity contribution in [2.75, 3.05) is 7.11 Å². The summed E-state index contributed by atoms with van der Waals surface area (Å²) in [7, 11) is 1.32. The monoisotopic (exact) mass is 251 g/mol. The molecule has 0 radical (unpaired) electrons. The largest absolute Gasteiger partial charge is 0.468 e. The summed E-state index contributed by atoms with van der Waals surface area (Å²) in [6.07, 6.45) is 3.08. The third-order valence-corrected chi connectivity index (χ3v) is 2.43. The molecular formula is C9H9N5O2S. The first kappa shape index (κ1) is 11.4. The zero-order valence-corrected chi connectivity index (χ0v) is 9.77. The van der Waals surface area contributed by atoms with Gasteiger partial charge in [-0.15, -0.1) is 0 Å². The highest BCUT2D eigenvalue weighted by atomic mass is 32.1. The van der Waals surface area contributed by atoms with Crippen LogP contribution in [-0.4, -0.2) is 38.0 Å². The number of methoxy groups -OCH3 is 1. The second-order valence-corrected chi connectivity index (χ2v) is 3.53. The van der Waals surface area contributed by atoms with Gasteiger partial charge in [-0.2, -0.15) is 15.3 Å². The van der Waals surface area contributed by atoms with E-state index >= 15 is 0 Å². The zero-order valence-electron chi connectivity index (χ0n) is 8.95. The van der Waals surface area contributed by atoms with Crippen LogP contribution in [0.15, 0.2) is 18.5 Å². The Labute approximate surface area is 101 Å². The van der Waals surface area contributed by atoms with Gasteiger partial charge in [0, 0.05) is 5.56 Å². The lowest BCUT2D eigenvalue weighted by Crippen LogP contribution is -2.12. The molecule has 0 aliphatic heterocycles. The van der Waals surface area contributed by atoms with Crippen molar-refractivity contribution in [1.82, 2.24) is 25.0 Å². The SMILES string of the molecule is COC(=O)Cn1c(-c2ccnnc2)n[nH]c1=S. The lowest BCUT2D eigenvalue weighted by Gasteiger charge is -2.04. The van der Waals surface area contributed by atoms with Crippen molar-refractivity contribution >= 4 is 18.2 Å². The molecule has 2 aromatic rings. The number of hydrogen-bond acceptors (Lipinski definition) is 6. The fraction of sp³-hybridized carbons (Fsp3) is 0.222. The van der Waals surface area contributed by atoms with Crippen LogP contribution < -0.4 is 0 Å². The van der Waals surface area contributed by atoms with Crippen molar-refractivity contribution in [2.45, 2.75) is 6.54 Å². The first-order valence-corrected chi connectivity index (χ1v) is 5.12. The van der Waals surface area contributed by atoms with Crippen LogP contribution in [0.25, 0.3) is 11.4 Å². The number of hydrogen-bond donors (Lipinski definition) is 1. The van der Waals surface area contributed by atoms with E-state index in [1.165, 1.54) is 17.9 Å². The summed E-state index contributed by atoms with van der Waals surface area (Å²) in [5.41, 5.74) is 0.719. The molecule has 0 fully saturated rings. The van der Waals surface area contributed by atoms with Crippen molar-refractivity contribution in [3.8, 4) is 11.4 Å². The number of nitrogens with one attached hydrogen (secondary N) is 1. The lowest BCUT2D eigenvalue weighted by atomic mass is 10.3. The van der Waals surface area contributed by atoms with E-state index in [1.807, 2.05) is 0 Å². The van der Waals surface area contributed by atoms with Gasteiger partial charge in [0.05, 0.1) is 19.5 Å². The van der Waals surface area contributed by atoms with E-state index in [0.29, 0.717) is 10.6 Å². The third kappa shape index (κ3) is 2.36. The second-order valence-electron chi connectivity index (χ2n) is 3.15. The molecule has 2 heterocycles. The molecule has 0 spiro atoms. The van der Waals surface area contributed by atoms with Gasteiger partial charge >= 0.3 is 5.97 Å². The van der Waals surface area contributed by atoms with Crippen LogP contribution in [0.3, 0.4) is 0 Å². The lowest BCUT2D eigenvalue weighted by molar-refractivity contribution is -0.141. The highest BCUT2D eigenvalue weighted by molar-refractivity contribution is 7.71. The summed E-state index contributed by atoms with van der Waals surface area (Å²) in [4.78, 5) is 11.3. The Bertz CT molecular complexity index is 577. The molecule has 17 heavy (non-hydrogen) atoms. The van der Waals surface area contributed by atoms with Crippen LogP contribution in [0.5, 0.6) is 0 Å². The maximum Gasteiger partial charge on any atom is 0.325 e. The molecule has 0 bridgehead atoms. The van der Waals surface area contributed by atoms with Crippen LogP contribution >= 0.6 is 12.2 Å². The van der Waals surface area contributed by atoms with Crippen molar-refractivity contribution in [3.05, 3.63) is 23.2 Å². The minimum absolute atomic E-state index is 0.00346. The van der Waals surface area contributed by atoms with E-state index in [9.17, 15) is 4.79 Å². The molecule has 0 aliphatic carbocycles. The van der Waals surface area contributed by atoms with E-state index in [0.717, 1.165) is 5.56 Å². The summed E-state index contributed by atoms with van der Waals surface area (Å²) < 4.78 is 6.48. The van der Waals surface area contributed by atoms with Crippen molar-refractivity contribution in [3.63, 3.8) is 0 Å². The van der Waals surface area contributed by atoms with E-state index in [2.05, 4.69) is 25.1 Å². The maximum absolute atomic E-state index is 11.3. The quantitative estimate of drug-likeness (QED) is 0.634. The number of esters is 1. The number of rotatable bonds is 3. The number of carbonyl (C=O) groups excluding carboxylic acids is 1. The zero-order chi connectivity index (χ0) is 12.3. The molecule has 88 valence electrons. The van der Waals surface area contributed by atoms with Crippen LogP contribution in [0.2, 0.25) is 0 Å². The number of H-pyrrole nitrogens is 1. The average Bonchev–Trinajstić information content (AvgIpc) is 2.72. The van der Waals surface area contributed by atoms with Crippen LogP contribution in [0.1, 0.15) is 0 Å². The maximum atomic E-state index is 11.3. The minimum atomic E-state index is -0.397. The smallest absolute Gasteiger partial charge is 0.325 e. The summed E-state index contributed by atoms with van der Waals surface area (Å²) >= 11 is 5.04. The first-order valence-electron chi connectivity index (χ1n) is 4.71. The number of nitrogens with zero attached hydrogens (tertiary/aromatic N) is 4. The Hall–Kier alpha value is -2.09. The van der Waals surface area contributed by atoms with Gasteiger partial charge in [0.15, 0.2) is 10.6 Å². The standard InChI is InChI=1S/C9H9N5O2S/c1-16-7(15)5-14-8(12-13-9(14)17)6-2-3-10-11-4-6/h2-4H,5H2,1H3,(H,13,17). The number of aromatic amines is 1. The number of aromatic nitrogens is 5. The third-order valence-electron chi connectivity index (χ3n) is 2.12. The van der Waals surface area contributed by atoms with E-state index in [-0.39, 0.29) is 6.54 Å². The fourth-order valence-electron chi connectivity index (χ4n) is 1.30. The van der Waals surface area contributed by atoms with Gasteiger partial charge in [-0.1, -0.05) is 0 Å². The molecule has 0 atom stereocenters. The Morgan fingerprint density at radius 2 is 2.41 bits per heavy atom. The van der Waals surface area contributed by atoms with Gasteiger partial charge in [-0.05, 0) is 18.3 Å². The summed E-state index contributed by atoms with van der Waals surface area (Å²) in [5, 5.41) is 14.1. The molecular weight excluding hydrogens is 242 g/mol. The van der Waals surface area contributed by atoms with Gasteiger partial charge in [0.2, 0.25) is 0 Å². The van der Waals surface area contributed by atoms with E-state index in [4.69, 9.17) is 12.2 Å². The highest BCUT2D eigenvalue weighted by Crippen LogP contribution is 2.14. The summed E-state index contributed by atoms with van der Waals surface area (Å²) in [5.74, 6) is 0.126. The van der Waals surface area contributed by atoms with Crippen LogP contribution in [0, 0.1) is 4.77 Å². The minimum Gasteiger partial charge on any atom is -0.468 e. The van der Waals surface area contributed by atoms with E-state index in [1.54, 1.807) is 12.3 Å². The molecule has 0 aliphatic rings. The van der Waals surface area contributed by atoms with Crippen LogP contribution in [-0.2, 0) is 16.1 Å². The molecule has 0 unspecified atom stereocenters. The number of carbonyl (C=O) groups is 1. The van der Waals surface area contributed by atoms with Gasteiger partial charge in [0.25, 0.3) is 0 Å². The van der Waals surface area contributed by atoms with Gasteiger partial charge in [0.1, 0.15) is 6.54 Å². The Kier molecular flexibility index (Phi) is 3.24. The molecule has 0 aromatic carbocycles. The van der Waals surface area contributed by atoms with Crippen molar-refractivity contribution < 1.29 is 9.53 Å². The second kappa shape index (κ2) is 4.83. The Morgan fingerprint density at radius 1 is 1.59 bits per heavy atom. The van der Waals surface area contributed by atoms with Crippen molar-refractivity contribution in [2.24, 2.45) is 0 Å². The van der Waals surface area contributed by atoms with Crippen molar-refractivity contribution in [1.29, 1.82) is 0 Å². The molecule has 1 N–H and O–H groups in total. The van der Waals surface area contributed by atoms with E-state index < -0.39 is 5.97 Å². The molecule has 2 aromatic heterocycles. The molecule has 0 saturated heterocycles. The Balaban J connectivity index is 2.43. The summed E-state index contributed by atoms with van der Waals surface area (Å²) in [6.45, 7) is 0.00346. The molecule has 0 saturated carbocycles. The molecule has 7 nitrogen and oxygen atoms in total. The molecule has 8 heteroatoms.